The molecule has 1 N–H and O–H groups in total. The zero-order valence-corrected chi connectivity index (χ0v) is 14.2. The maximum atomic E-state index is 13.5. The molecule has 1 unspecified atom stereocenters. The number of aromatic nitrogens is 3. The lowest BCUT2D eigenvalue weighted by molar-refractivity contribution is 0.157. The lowest BCUT2D eigenvalue weighted by atomic mass is 9.98. The van der Waals surface area contributed by atoms with Crippen molar-refractivity contribution in [3.8, 4) is 5.75 Å². The van der Waals surface area contributed by atoms with Gasteiger partial charge in [-0.2, -0.15) is 0 Å². The highest BCUT2D eigenvalue weighted by Gasteiger charge is 2.24. The predicted octanol–water partition coefficient (Wildman–Crippen LogP) is 2.05. The number of halogens is 1. The van der Waals surface area contributed by atoms with Crippen LogP contribution in [0, 0.1) is 11.7 Å². The lowest BCUT2D eigenvalue weighted by Crippen LogP contribution is -2.46. The number of nitrogens with one attached hydrogen (secondary N) is 1. The van der Waals surface area contributed by atoms with Crippen LogP contribution in [0.3, 0.4) is 0 Å². The topological polar surface area (TPSA) is 72.3 Å². The Balaban J connectivity index is 1.53. The molecular formula is C17H22FN5O2. The number of likely N-dealkylation sites (tertiary alicyclic amines) is 1. The van der Waals surface area contributed by atoms with Gasteiger partial charge in [0.1, 0.15) is 11.6 Å². The fraction of sp³-hybridized carbons (Fsp3) is 0.471. The second kappa shape index (κ2) is 7.96. The summed E-state index contributed by atoms with van der Waals surface area (Å²) >= 11 is 0. The Morgan fingerprint density at radius 2 is 2.32 bits per heavy atom. The van der Waals surface area contributed by atoms with E-state index in [-0.39, 0.29) is 18.4 Å². The maximum Gasteiger partial charge on any atom is 0.317 e. The largest absolute Gasteiger partial charge is 0.497 e. The number of hydrogen-bond donors (Lipinski definition) is 1. The van der Waals surface area contributed by atoms with Gasteiger partial charge in [0.25, 0.3) is 0 Å². The van der Waals surface area contributed by atoms with E-state index in [9.17, 15) is 9.18 Å². The fourth-order valence-corrected chi connectivity index (χ4v) is 3.12. The van der Waals surface area contributed by atoms with Gasteiger partial charge in [-0.15, -0.1) is 5.10 Å². The molecule has 134 valence electrons. The van der Waals surface area contributed by atoms with Gasteiger partial charge in [-0.25, -0.2) is 9.18 Å². The van der Waals surface area contributed by atoms with E-state index in [0.29, 0.717) is 23.8 Å². The van der Waals surface area contributed by atoms with Gasteiger partial charge in [0.2, 0.25) is 0 Å². The van der Waals surface area contributed by atoms with Crippen molar-refractivity contribution < 1.29 is 13.9 Å². The minimum absolute atomic E-state index is 0.133. The summed E-state index contributed by atoms with van der Waals surface area (Å²) in [6.45, 7) is 2.42. The van der Waals surface area contributed by atoms with Crippen molar-refractivity contribution in [1.29, 1.82) is 0 Å². The molecule has 0 saturated carbocycles. The van der Waals surface area contributed by atoms with Crippen molar-refractivity contribution in [1.82, 2.24) is 25.2 Å². The summed E-state index contributed by atoms with van der Waals surface area (Å²) in [5, 5.41) is 10.6. The molecule has 1 aromatic carbocycles. The molecule has 1 fully saturated rings. The number of carbonyl (C=O) groups is 1. The third-order valence-corrected chi connectivity index (χ3v) is 4.33. The third kappa shape index (κ3) is 4.68. The Morgan fingerprint density at radius 1 is 1.44 bits per heavy atom. The highest BCUT2D eigenvalue weighted by atomic mass is 19.1. The molecule has 1 aromatic heterocycles. The summed E-state index contributed by atoms with van der Waals surface area (Å²) < 4.78 is 20.4. The Morgan fingerprint density at radius 3 is 3.08 bits per heavy atom. The van der Waals surface area contributed by atoms with Gasteiger partial charge >= 0.3 is 6.03 Å². The smallest absolute Gasteiger partial charge is 0.317 e. The molecular weight excluding hydrogens is 325 g/mol. The van der Waals surface area contributed by atoms with Crippen LogP contribution < -0.4 is 10.1 Å². The monoisotopic (exact) mass is 347 g/mol. The van der Waals surface area contributed by atoms with Crippen LogP contribution in [0.25, 0.3) is 0 Å². The Kier molecular flexibility index (Phi) is 5.47. The number of ether oxygens (including phenoxy) is 1. The molecule has 1 aliphatic rings. The van der Waals surface area contributed by atoms with E-state index in [1.54, 1.807) is 16.9 Å². The highest BCUT2D eigenvalue weighted by molar-refractivity contribution is 5.74. The van der Waals surface area contributed by atoms with Gasteiger partial charge in [-0.3, -0.25) is 4.68 Å². The molecule has 0 aliphatic carbocycles. The average Bonchev–Trinajstić information content (AvgIpc) is 3.12. The van der Waals surface area contributed by atoms with E-state index in [2.05, 4.69) is 15.6 Å². The van der Waals surface area contributed by atoms with Gasteiger partial charge in [-0.05, 0) is 36.5 Å². The Labute approximate surface area is 145 Å². The molecule has 2 heterocycles. The van der Waals surface area contributed by atoms with Crippen LogP contribution in [-0.2, 0) is 13.1 Å². The molecule has 0 spiro atoms. The number of methoxy groups -OCH3 is 1. The minimum atomic E-state index is -0.380. The summed E-state index contributed by atoms with van der Waals surface area (Å²) in [7, 11) is 1.49. The third-order valence-electron chi connectivity index (χ3n) is 4.33. The van der Waals surface area contributed by atoms with Crippen LogP contribution in [0.2, 0.25) is 0 Å². The van der Waals surface area contributed by atoms with Crippen molar-refractivity contribution in [2.45, 2.75) is 25.9 Å². The van der Waals surface area contributed by atoms with Crippen LogP contribution in [0.15, 0.2) is 30.6 Å². The van der Waals surface area contributed by atoms with Crippen LogP contribution in [0.1, 0.15) is 18.4 Å². The standard InChI is InChI=1S/C17H22FN5O2/c1-25-16-8-14(7-15(18)9-16)10-19-17(24)22-5-2-3-13(11-22)12-23-6-4-20-21-23/h4,6-9,13H,2-3,5,10-12H2,1H3,(H,19,24). The molecule has 7 nitrogen and oxygen atoms in total. The number of rotatable bonds is 5. The first kappa shape index (κ1) is 17.2. The minimum Gasteiger partial charge on any atom is -0.497 e. The average molecular weight is 347 g/mol. The van der Waals surface area contributed by atoms with Crippen LogP contribution in [0.5, 0.6) is 5.75 Å². The molecule has 0 bridgehead atoms. The normalized spacial score (nSPS) is 17.4. The highest BCUT2D eigenvalue weighted by Crippen LogP contribution is 2.19. The second-order valence-electron chi connectivity index (χ2n) is 6.24. The molecule has 2 amide bonds. The van der Waals surface area contributed by atoms with E-state index in [0.717, 1.165) is 25.9 Å². The number of carbonyl (C=O) groups excluding carboxylic acids is 1. The molecule has 25 heavy (non-hydrogen) atoms. The molecule has 3 rings (SSSR count). The SMILES string of the molecule is COc1cc(F)cc(CNC(=O)N2CCCC(Cn3ccnn3)C2)c1. The first-order valence-electron chi connectivity index (χ1n) is 8.34. The van der Waals surface area contributed by atoms with Gasteiger partial charge in [0.05, 0.1) is 13.3 Å². The number of amides is 2. The number of urea groups is 1. The first-order chi connectivity index (χ1) is 12.1. The lowest BCUT2D eigenvalue weighted by Gasteiger charge is -2.32. The molecule has 2 aromatic rings. The van der Waals surface area contributed by atoms with Crippen LogP contribution >= 0.6 is 0 Å². The quantitative estimate of drug-likeness (QED) is 0.898. The first-order valence-corrected chi connectivity index (χ1v) is 8.34. The van der Waals surface area contributed by atoms with Crippen molar-refractivity contribution in [2.24, 2.45) is 5.92 Å². The van der Waals surface area contributed by atoms with Gasteiger partial charge in [0.15, 0.2) is 0 Å². The maximum absolute atomic E-state index is 13.5. The van der Waals surface area contributed by atoms with Gasteiger partial charge in [-0.1, -0.05) is 5.21 Å². The van der Waals surface area contributed by atoms with E-state index in [1.807, 2.05) is 11.1 Å². The van der Waals surface area contributed by atoms with Crippen molar-refractivity contribution in [3.05, 3.63) is 42.0 Å². The summed E-state index contributed by atoms with van der Waals surface area (Å²) in [4.78, 5) is 14.2. The number of nitrogens with zero attached hydrogens (tertiary/aromatic N) is 4. The second-order valence-corrected chi connectivity index (χ2v) is 6.24. The zero-order chi connectivity index (χ0) is 17.6. The van der Waals surface area contributed by atoms with Gasteiger partial charge < -0.3 is 15.0 Å². The van der Waals surface area contributed by atoms with Crippen LogP contribution in [-0.4, -0.2) is 46.1 Å². The van der Waals surface area contributed by atoms with Crippen LogP contribution in [0.4, 0.5) is 9.18 Å². The van der Waals surface area contributed by atoms with Crippen molar-refractivity contribution in [2.75, 3.05) is 20.2 Å². The molecule has 1 atom stereocenters. The van der Waals surface area contributed by atoms with Crippen molar-refractivity contribution in [3.63, 3.8) is 0 Å². The predicted molar refractivity (Wildman–Crippen MR) is 89.5 cm³/mol. The summed E-state index contributed by atoms with van der Waals surface area (Å²) in [6, 6.07) is 4.29. The van der Waals surface area contributed by atoms with Crippen molar-refractivity contribution >= 4 is 6.03 Å². The number of piperidine rings is 1. The molecule has 8 heteroatoms. The zero-order valence-electron chi connectivity index (χ0n) is 14.2. The Hall–Kier alpha value is -2.64. The van der Waals surface area contributed by atoms with E-state index in [4.69, 9.17) is 4.74 Å². The molecule has 0 radical (unpaired) electrons. The fourth-order valence-electron chi connectivity index (χ4n) is 3.12. The molecule has 1 saturated heterocycles. The van der Waals surface area contributed by atoms with E-state index < -0.39 is 0 Å². The molecule has 1 aliphatic heterocycles. The van der Waals surface area contributed by atoms with E-state index >= 15 is 0 Å². The Bertz CT molecular complexity index is 707. The number of benzene rings is 1. The summed E-state index contributed by atoms with van der Waals surface area (Å²) in [6.07, 6.45) is 5.50. The van der Waals surface area contributed by atoms with E-state index in [1.165, 1.54) is 19.2 Å². The summed E-state index contributed by atoms with van der Waals surface area (Å²) in [5.74, 6) is 0.417. The summed E-state index contributed by atoms with van der Waals surface area (Å²) in [5.41, 5.74) is 0.668. The number of hydrogen-bond acceptors (Lipinski definition) is 4. The van der Waals surface area contributed by atoms with Gasteiger partial charge in [0, 0.05) is 38.4 Å².